The van der Waals surface area contributed by atoms with E-state index in [2.05, 4.69) is 0 Å². The largest absolute Gasteiger partial charge is 0.496 e. The molecule has 0 saturated carbocycles. The Morgan fingerprint density at radius 2 is 1.41 bits per heavy atom. The molecule has 0 aromatic heterocycles. The summed E-state index contributed by atoms with van der Waals surface area (Å²) < 4.78 is 21.3. The van der Waals surface area contributed by atoms with Gasteiger partial charge in [-0.25, -0.2) is 4.79 Å². The van der Waals surface area contributed by atoms with Gasteiger partial charge in [-0.15, -0.1) is 0 Å². The molecule has 2 aromatic carbocycles. The van der Waals surface area contributed by atoms with Gasteiger partial charge in [-0.1, -0.05) is 30.3 Å². The van der Waals surface area contributed by atoms with Crippen LogP contribution in [0.15, 0.2) is 42.5 Å². The number of benzene rings is 2. The minimum absolute atomic E-state index is 0.127. The van der Waals surface area contributed by atoms with Crippen LogP contribution in [0.1, 0.15) is 22.0 Å². The lowest BCUT2D eigenvalue weighted by atomic mass is 10.1. The average Bonchev–Trinajstić information content (AvgIpc) is 2.70. The van der Waals surface area contributed by atoms with Crippen LogP contribution in [0.3, 0.4) is 0 Å². The second-order valence-corrected chi connectivity index (χ2v) is 5.84. The predicted molar refractivity (Wildman–Crippen MR) is 99.4 cm³/mol. The van der Waals surface area contributed by atoms with E-state index in [1.165, 1.54) is 38.4 Å². The van der Waals surface area contributed by atoms with Gasteiger partial charge in [0.15, 0.2) is 11.5 Å². The van der Waals surface area contributed by atoms with Crippen molar-refractivity contribution in [3.63, 3.8) is 0 Å². The summed E-state index contributed by atoms with van der Waals surface area (Å²) in [4.78, 5) is 26.8. The van der Waals surface area contributed by atoms with Crippen LogP contribution >= 0.6 is 0 Å². The SMILES string of the molecule is COc1cc(OC)c(C(=O)OC(C(=O)N(C)C)c2ccccc2)cc1OC. The Kier molecular flexibility index (Phi) is 6.65. The molecule has 0 radical (unpaired) electrons. The Morgan fingerprint density at radius 1 is 0.852 bits per heavy atom. The van der Waals surface area contributed by atoms with Crippen molar-refractivity contribution in [3.05, 3.63) is 53.6 Å². The fourth-order valence-corrected chi connectivity index (χ4v) is 2.48. The van der Waals surface area contributed by atoms with Crippen LogP contribution in [0.4, 0.5) is 0 Å². The molecule has 0 bridgehead atoms. The quantitative estimate of drug-likeness (QED) is 0.695. The Morgan fingerprint density at radius 3 is 1.93 bits per heavy atom. The van der Waals surface area contributed by atoms with Gasteiger partial charge in [0.1, 0.15) is 11.3 Å². The summed E-state index contributed by atoms with van der Waals surface area (Å²) in [6.07, 6.45) is -1.08. The van der Waals surface area contributed by atoms with Crippen LogP contribution in [-0.2, 0) is 9.53 Å². The van der Waals surface area contributed by atoms with Crippen LogP contribution in [-0.4, -0.2) is 52.2 Å². The standard InChI is InChI=1S/C20H23NO6/c1-21(2)19(22)18(13-9-7-6-8-10-13)27-20(23)14-11-16(25-4)17(26-5)12-15(14)24-3/h6-12,18H,1-5H3. The number of methoxy groups -OCH3 is 3. The number of likely N-dealkylation sites (N-methyl/N-ethyl adjacent to an activating group) is 1. The lowest BCUT2D eigenvalue weighted by Gasteiger charge is -2.22. The molecule has 0 aliphatic heterocycles. The van der Waals surface area contributed by atoms with Gasteiger partial charge in [-0.05, 0) is 0 Å². The van der Waals surface area contributed by atoms with Gasteiger partial charge < -0.3 is 23.8 Å². The Hall–Kier alpha value is -3.22. The van der Waals surface area contributed by atoms with E-state index in [1.54, 1.807) is 38.4 Å². The lowest BCUT2D eigenvalue weighted by Crippen LogP contribution is -2.31. The number of nitrogens with zero attached hydrogens (tertiary/aromatic N) is 1. The summed E-state index contributed by atoms with van der Waals surface area (Å²) >= 11 is 0. The van der Waals surface area contributed by atoms with Crippen molar-refractivity contribution in [2.75, 3.05) is 35.4 Å². The molecule has 0 aliphatic carbocycles. The summed E-state index contributed by atoms with van der Waals surface area (Å²) in [5, 5.41) is 0. The van der Waals surface area contributed by atoms with E-state index >= 15 is 0 Å². The Bertz CT molecular complexity index is 804. The zero-order valence-electron chi connectivity index (χ0n) is 16.0. The molecule has 0 spiro atoms. The first-order valence-corrected chi connectivity index (χ1v) is 8.20. The summed E-state index contributed by atoms with van der Waals surface area (Å²) in [6.45, 7) is 0. The maximum atomic E-state index is 12.8. The fraction of sp³-hybridized carbons (Fsp3) is 0.300. The van der Waals surface area contributed by atoms with E-state index < -0.39 is 12.1 Å². The van der Waals surface area contributed by atoms with Crippen LogP contribution in [0.5, 0.6) is 17.2 Å². The number of ether oxygens (including phenoxy) is 4. The highest BCUT2D eigenvalue weighted by atomic mass is 16.6. The topological polar surface area (TPSA) is 74.3 Å². The van der Waals surface area contributed by atoms with Crippen molar-refractivity contribution in [3.8, 4) is 17.2 Å². The summed E-state index contributed by atoms with van der Waals surface area (Å²) in [7, 11) is 7.57. The number of rotatable bonds is 7. The number of hydrogen-bond acceptors (Lipinski definition) is 6. The third-order valence-electron chi connectivity index (χ3n) is 3.92. The number of carbonyl (C=O) groups is 2. The van der Waals surface area contributed by atoms with Crippen LogP contribution in [0.2, 0.25) is 0 Å². The second kappa shape index (κ2) is 8.93. The van der Waals surface area contributed by atoms with Crippen molar-refractivity contribution >= 4 is 11.9 Å². The first-order chi connectivity index (χ1) is 12.9. The number of carbonyl (C=O) groups excluding carboxylic acids is 2. The van der Waals surface area contributed by atoms with Crippen molar-refractivity contribution in [2.45, 2.75) is 6.10 Å². The van der Waals surface area contributed by atoms with Crippen molar-refractivity contribution in [1.82, 2.24) is 4.90 Å². The van der Waals surface area contributed by atoms with Crippen molar-refractivity contribution in [2.24, 2.45) is 0 Å². The number of hydrogen-bond donors (Lipinski definition) is 0. The minimum Gasteiger partial charge on any atom is -0.496 e. The molecule has 144 valence electrons. The summed E-state index contributed by atoms with van der Waals surface area (Å²) in [5.41, 5.74) is 0.701. The van der Waals surface area contributed by atoms with E-state index in [-0.39, 0.29) is 17.2 Å². The number of esters is 1. The Labute approximate surface area is 158 Å². The van der Waals surface area contributed by atoms with Crippen LogP contribution in [0, 0.1) is 0 Å². The first kappa shape index (κ1) is 20.1. The first-order valence-electron chi connectivity index (χ1n) is 8.20. The average molecular weight is 373 g/mol. The molecule has 0 heterocycles. The molecule has 1 amide bonds. The maximum Gasteiger partial charge on any atom is 0.343 e. The van der Waals surface area contributed by atoms with Gasteiger partial charge in [-0.3, -0.25) is 4.79 Å². The molecular formula is C20H23NO6. The lowest BCUT2D eigenvalue weighted by molar-refractivity contribution is -0.138. The summed E-state index contributed by atoms with van der Waals surface area (Å²) in [6, 6.07) is 11.8. The molecule has 1 unspecified atom stereocenters. The smallest absolute Gasteiger partial charge is 0.343 e. The van der Waals surface area contributed by atoms with Gasteiger partial charge in [0.25, 0.3) is 5.91 Å². The molecule has 1 atom stereocenters. The molecule has 27 heavy (non-hydrogen) atoms. The zero-order chi connectivity index (χ0) is 20.0. The molecule has 2 aromatic rings. The molecule has 7 heteroatoms. The fourth-order valence-electron chi connectivity index (χ4n) is 2.48. The Balaban J connectivity index is 2.41. The maximum absolute atomic E-state index is 12.8. The van der Waals surface area contributed by atoms with Gasteiger partial charge in [0.2, 0.25) is 6.10 Å². The summed E-state index contributed by atoms with van der Waals surface area (Å²) in [5.74, 6) is -0.0528. The normalized spacial score (nSPS) is 11.3. The van der Waals surface area contributed by atoms with E-state index in [0.29, 0.717) is 17.1 Å². The third kappa shape index (κ3) is 4.49. The van der Waals surface area contributed by atoms with E-state index in [9.17, 15) is 9.59 Å². The molecule has 0 saturated heterocycles. The molecule has 0 N–H and O–H groups in total. The second-order valence-electron chi connectivity index (χ2n) is 5.84. The van der Waals surface area contributed by atoms with E-state index in [1.807, 2.05) is 6.07 Å². The third-order valence-corrected chi connectivity index (χ3v) is 3.92. The number of amides is 1. The van der Waals surface area contributed by atoms with E-state index in [4.69, 9.17) is 18.9 Å². The highest BCUT2D eigenvalue weighted by Crippen LogP contribution is 2.35. The highest BCUT2D eigenvalue weighted by molar-refractivity contribution is 5.95. The van der Waals surface area contributed by atoms with Gasteiger partial charge in [0, 0.05) is 31.8 Å². The van der Waals surface area contributed by atoms with Crippen molar-refractivity contribution in [1.29, 1.82) is 0 Å². The zero-order valence-corrected chi connectivity index (χ0v) is 16.0. The van der Waals surface area contributed by atoms with E-state index in [0.717, 1.165) is 0 Å². The monoisotopic (exact) mass is 373 g/mol. The van der Waals surface area contributed by atoms with Crippen molar-refractivity contribution < 1.29 is 28.5 Å². The molecule has 0 aliphatic rings. The predicted octanol–water partition coefficient (Wildman–Crippen LogP) is 2.70. The van der Waals surface area contributed by atoms with Crippen LogP contribution < -0.4 is 14.2 Å². The highest BCUT2D eigenvalue weighted by Gasteiger charge is 2.29. The molecular weight excluding hydrogens is 350 g/mol. The molecule has 2 rings (SSSR count). The van der Waals surface area contributed by atoms with Gasteiger partial charge in [0.05, 0.1) is 21.3 Å². The molecule has 7 nitrogen and oxygen atoms in total. The van der Waals surface area contributed by atoms with Gasteiger partial charge >= 0.3 is 5.97 Å². The minimum atomic E-state index is -1.08. The van der Waals surface area contributed by atoms with Gasteiger partial charge in [-0.2, -0.15) is 0 Å². The van der Waals surface area contributed by atoms with Crippen LogP contribution in [0.25, 0.3) is 0 Å². The molecule has 0 fully saturated rings.